The van der Waals surface area contributed by atoms with E-state index in [0.717, 1.165) is 40.5 Å². The number of aromatic nitrogens is 5. The highest BCUT2D eigenvalue weighted by Crippen LogP contribution is 2.33. The Bertz CT molecular complexity index is 923. The molecule has 132 valence electrons. The molecule has 0 aromatic carbocycles. The lowest BCUT2D eigenvalue weighted by atomic mass is 10.2. The molecule has 0 aliphatic heterocycles. The number of nitrogens with zero attached hydrogens (tertiary/aromatic N) is 5. The second-order valence-electron chi connectivity index (χ2n) is 6.16. The summed E-state index contributed by atoms with van der Waals surface area (Å²) >= 11 is 0. The van der Waals surface area contributed by atoms with Crippen LogP contribution in [0.15, 0.2) is 19.0 Å². The number of imidazole rings is 1. The van der Waals surface area contributed by atoms with Gasteiger partial charge in [0.1, 0.15) is 11.9 Å². The molecule has 25 heavy (non-hydrogen) atoms. The summed E-state index contributed by atoms with van der Waals surface area (Å²) < 4.78 is 9.90. The molecule has 1 N–H and O–H groups in total. The van der Waals surface area contributed by atoms with Gasteiger partial charge in [-0.3, -0.25) is 4.40 Å². The first kappa shape index (κ1) is 17.2. The van der Waals surface area contributed by atoms with Crippen molar-refractivity contribution < 1.29 is 4.74 Å². The van der Waals surface area contributed by atoms with E-state index in [2.05, 4.69) is 22.0 Å². The van der Waals surface area contributed by atoms with Crippen molar-refractivity contribution in [3.63, 3.8) is 0 Å². The van der Waals surface area contributed by atoms with Gasteiger partial charge in [-0.05, 0) is 33.9 Å². The van der Waals surface area contributed by atoms with Crippen LogP contribution in [0.2, 0.25) is 0 Å². The number of hydrogen-bond donors (Lipinski definition) is 1. The predicted octanol–water partition coefficient (Wildman–Crippen LogP) is 2.38. The van der Waals surface area contributed by atoms with Crippen LogP contribution in [0.5, 0.6) is 5.88 Å². The zero-order valence-corrected chi connectivity index (χ0v) is 15.4. The molecule has 0 fully saturated rings. The fraction of sp³-hybridized carbons (Fsp3) is 0.389. The second kappa shape index (κ2) is 6.68. The average Bonchev–Trinajstić information content (AvgIpc) is 3.09. The van der Waals surface area contributed by atoms with Crippen molar-refractivity contribution in [2.24, 2.45) is 7.05 Å². The van der Waals surface area contributed by atoms with E-state index >= 15 is 0 Å². The van der Waals surface area contributed by atoms with Crippen LogP contribution < -0.4 is 10.1 Å². The van der Waals surface area contributed by atoms with Crippen LogP contribution in [0.25, 0.3) is 22.9 Å². The number of aryl methyl sites for hydroxylation is 3. The quantitative estimate of drug-likeness (QED) is 0.746. The average molecular weight is 340 g/mol. The lowest BCUT2D eigenvalue weighted by Gasteiger charge is -2.16. The summed E-state index contributed by atoms with van der Waals surface area (Å²) in [6, 6.07) is 0. The highest BCUT2D eigenvalue weighted by atomic mass is 16.5. The summed E-state index contributed by atoms with van der Waals surface area (Å²) in [6.45, 7) is 10.5. The molecule has 3 rings (SSSR count). The first-order valence-corrected chi connectivity index (χ1v) is 8.28. The standard InChI is InChI=1S/C18H24N6O/c1-7-16-20-9-15-12(3)21-14(10-24(15)16)17-13(4)22-23(6)18(17)25-11(2)8-19-5/h7,9-11,19H,1,8H2,2-6H3/t11-/m0/s1. The highest BCUT2D eigenvalue weighted by molar-refractivity contribution is 5.70. The smallest absolute Gasteiger partial charge is 0.221 e. The maximum absolute atomic E-state index is 6.13. The molecular formula is C18H24N6O. The SMILES string of the molecule is C=Cc1ncc2c(C)nc(-c3c(C)nn(C)c3O[C@@H](C)CNC)cn12. The maximum Gasteiger partial charge on any atom is 0.221 e. The molecule has 7 nitrogen and oxygen atoms in total. The van der Waals surface area contributed by atoms with Crippen molar-refractivity contribution in [2.45, 2.75) is 26.9 Å². The van der Waals surface area contributed by atoms with Crippen molar-refractivity contribution >= 4 is 11.6 Å². The number of ether oxygens (including phenoxy) is 1. The molecule has 0 aliphatic carbocycles. The van der Waals surface area contributed by atoms with Crippen molar-refractivity contribution in [3.05, 3.63) is 36.2 Å². The number of hydrogen-bond acceptors (Lipinski definition) is 5. The van der Waals surface area contributed by atoms with Gasteiger partial charge in [0.05, 0.1) is 34.4 Å². The maximum atomic E-state index is 6.13. The largest absolute Gasteiger partial charge is 0.473 e. The summed E-state index contributed by atoms with van der Waals surface area (Å²) in [7, 11) is 3.79. The molecular weight excluding hydrogens is 316 g/mol. The Hall–Kier alpha value is -2.67. The fourth-order valence-corrected chi connectivity index (χ4v) is 3.03. The van der Waals surface area contributed by atoms with Crippen LogP contribution in [0.1, 0.15) is 24.1 Å². The molecule has 0 saturated heterocycles. The van der Waals surface area contributed by atoms with Crippen LogP contribution in [0, 0.1) is 13.8 Å². The van der Waals surface area contributed by atoms with Crippen molar-refractivity contribution in [3.8, 4) is 17.1 Å². The van der Waals surface area contributed by atoms with E-state index in [4.69, 9.17) is 9.72 Å². The fourth-order valence-electron chi connectivity index (χ4n) is 3.03. The molecule has 0 saturated carbocycles. The lowest BCUT2D eigenvalue weighted by Crippen LogP contribution is -2.27. The number of likely N-dealkylation sites (N-methyl/N-ethyl adjacent to an activating group) is 1. The topological polar surface area (TPSA) is 69.3 Å². The van der Waals surface area contributed by atoms with Gasteiger partial charge in [-0.15, -0.1) is 0 Å². The first-order chi connectivity index (χ1) is 12.0. The van der Waals surface area contributed by atoms with Crippen LogP contribution >= 0.6 is 0 Å². The van der Waals surface area contributed by atoms with E-state index < -0.39 is 0 Å². The van der Waals surface area contributed by atoms with E-state index in [1.165, 1.54) is 0 Å². The molecule has 1 atom stereocenters. The van der Waals surface area contributed by atoms with Crippen LogP contribution in [-0.2, 0) is 7.05 Å². The van der Waals surface area contributed by atoms with Crippen molar-refractivity contribution in [1.82, 2.24) is 29.5 Å². The van der Waals surface area contributed by atoms with Crippen molar-refractivity contribution in [2.75, 3.05) is 13.6 Å². The Kier molecular flexibility index (Phi) is 4.59. The molecule has 3 aromatic heterocycles. The first-order valence-electron chi connectivity index (χ1n) is 8.28. The summed E-state index contributed by atoms with van der Waals surface area (Å²) in [5, 5.41) is 7.65. The third-order valence-corrected chi connectivity index (χ3v) is 4.15. The summed E-state index contributed by atoms with van der Waals surface area (Å²) in [6.07, 6.45) is 5.52. The lowest BCUT2D eigenvalue weighted by molar-refractivity contribution is 0.203. The van der Waals surface area contributed by atoms with E-state index in [1.807, 2.05) is 51.7 Å². The third kappa shape index (κ3) is 3.02. The van der Waals surface area contributed by atoms with Crippen molar-refractivity contribution in [1.29, 1.82) is 0 Å². The Morgan fingerprint density at radius 2 is 2.12 bits per heavy atom. The summed E-state index contributed by atoms with van der Waals surface area (Å²) in [5.74, 6) is 1.50. The Morgan fingerprint density at radius 3 is 2.80 bits per heavy atom. The minimum atomic E-state index is 0.0142. The van der Waals surface area contributed by atoms with E-state index in [1.54, 1.807) is 10.8 Å². The van der Waals surface area contributed by atoms with Crippen LogP contribution in [0.3, 0.4) is 0 Å². The molecule has 0 radical (unpaired) electrons. The van der Waals surface area contributed by atoms with Gasteiger partial charge < -0.3 is 10.1 Å². The molecule has 0 unspecified atom stereocenters. The normalized spacial score (nSPS) is 12.5. The third-order valence-electron chi connectivity index (χ3n) is 4.15. The molecule has 7 heteroatoms. The summed E-state index contributed by atoms with van der Waals surface area (Å²) in [4.78, 5) is 9.14. The monoisotopic (exact) mass is 340 g/mol. The molecule has 3 aromatic rings. The molecule has 0 bridgehead atoms. The molecule has 3 heterocycles. The summed E-state index contributed by atoms with van der Waals surface area (Å²) in [5.41, 5.74) is 4.45. The van der Waals surface area contributed by atoms with E-state index in [9.17, 15) is 0 Å². The highest BCUT2D eigenvalue weighted by Gasteiger charge is 2.21. The predicted molar refractivity (Wildman–Crippen MR) is 98.8 cm³/mol. The number of rotatable bonds is 6. The van der Waals surface area contributed by atoms with Gasteiger partial charge in [0.15, 0.2) is 0 Å². The van der Waals surface area contributed by atoms with Gasteiger partial charge in [-0.1, -0.05) is 6.58 Å². The Labute approximate surface area is 147 Å². The van der Waals surface area contributed by atoms with E-state index in [0.29, 0.717) is 5.88 Å². The van der Waals surface area contributed by atoms with Gasteiger partial charge in [0.25, 0.3) is 0 Å². The van der Waals surface area contributed by atoms with Gasteiger partial charge >= 0.3 is 0 Å². The zero-order chi connectivity index (χ0) is 18.1. The molecule has 0 spiro atoms. The van der Waals surface area contributed by atoms with Gasteiger partial charge in [0.2, 0.25) is 5.88 Å². The number of fused-ring (bicyclic) bond motifs is 1. The Morgan fingerprint density at radius 1 is 1.36 bits per heavy atom. The van der Waals surface area contributed by atoms with Gasteiger partial charge in [-0.25, -0.2) is 14.6 Å². The number of nitrogens with one attached hydrogen (secondary N) is 1. The molecule has 0 aliphatic rings. The van der Waals surface area contributed by atoms with Crippen LogP contribution in [-0.4, -0.2) is 43.8 Å². The second-order valence-corrected chi connectivity index (χ2v) is 6.16. The van der Waals surface area contributed by atoms with Gasteiger partial charge in [-0.2, -0.15) is 5.10 Å². The van der Waals surface area contributed by atoms with E-state index in [-0.39, 0.29) is 6.10 Å². The minimum Gasteiger partial charge on any atom is -0.473 e. The minimum absolute atomic E-state index is 0.0142. The Balaban J connectivity index is 2.16. The van der Waals surface area contributed by atoms with Crippen LogP contribution in [0.4, 0.5) is 0 Å². The molecule has 0 amide bonds. The zero-order valence-electron chi connectivity index (χ0n) is 15.4. The van der Waals surface area contributed by atoms with Gasteiger partial charge in [0, 0.05) is 19.8 Å².